The third-order valence-electron chi connectivity index (χ3n) is 2.90. The zero-order valence-electron chi connectivity index (χ0n) is 9.49. The predicted octanol–water partition coefficient (Wildman–Crippen LogP) is 1.28. The Hall–Kier alpha value is -1.36. The molecule has 2 unspecified atom stereocenters. The summed E-state index contributed by atoms with van der Waals surface area (Å²) in [5.74, 6) is 0.258. The monoisotopic (exact) mass is 224 g/mol. The molecule has 0 saturated carbocycles. The maximum atomic E-state index is 11.6. The van der Waals surface area contributed by atoms with E-state index < -0.39 is 0 Å². The zero-order chi connectivity index (χ0) is 11.7. The molecule has 1 aromatic heterocycles. The van der Waals surface area contributed by atoms with Crippen molar-refractivity contribution in [2.45, 2.75) is 45.3 Å². The van der Waals surface area contributed by atoms with Gasteiger partial charge in [0.15, 0.2) is 0 Å². The standard InChI is InChI=1S/C11H16N2O3/c1-3-7-10(14)12-9(13-11(7)15)8-5-4-6(2)16-8/h6,8H,3-5H2,1-2H3,(H2,12,13,14,15). The highest BCUT2D eigenvalue weighted by Gasteiger charge is 2.26. The molecule has 1 fully saturated rings. The minimum atomic E-state index is -0.270. The lowest BCUT2D eigenvalue weighted by atomic mass is 10.2. The zero-order valence-corrected chi connectivity index (χ0v) is 9.49. The summed E-state index contributed by atoms with van der Waals surface area (Å²) < 4.78 is 5.59. The van der Waals surface area contributed by atoms with Crippen LogP contribution in [0, 0.1) is 0 Å². The highest BCUT2D eigenvalue weighted by atomic mass is 16.5. The van der Waals surface area contributed by atoms with Crippen LogP contribution in [-0.4, -0.2) is 21.2 Å². The lowest BCUT2D eigenvalue weighted by Gasteiger charge is -2.11. The fourth-order valence-electron chi connectivity index (χ4n) is 1.98. The van der Waals surface area contributed by atoms with Crippen LogP contribution in [0.25, 0.3) is 0 Å². The maximum absolute atomic E-state index is 11.6. The molecule has 1 aromatic rings. The van der Waals surface area contributed by atoms with Crippen molar-refractivity contribution in [3.63, 3.8) is 0 Å². The molecule has 5 heteroatoms. The van der Waals surface area contributed by atoms with Gasteiger partial charge in [-0.25, -0.2) is 0 Å². The largest absolute Gasteiger partial charge is 0.493 e. The van der Waals surface area contributed by atoms with Crippen molar-refractivity contribution in [1.29, 1.82) is 0 Å². The van der Waals surface area contributed by atoms with Gasteiger partial charge >= 0.3 is 0 Å². The Morgan fingerprint density at radius 2 is 2.31 bits per heavy atom. The van der Waals surface area contributed by atoms with Gasteiger partial charge in [-0.2, -0.15) is 4.98 Å². The number of hydrogen-bond acceptors (Lipinski definition) is 4. The number of nitrogens with one attached hydrogen (secondary N) is 1. The molecule has 1 aliphatic heterocycles. The van der Waals surface area contributed by atoms with Gasteiger partial charge in [-0.05, 0) is 26.2 Å². The molecule has 0 radical (unpaired) electrons. The van der Waals surface area contributed by atoms with Crippen molar-refractivity contribution >= 4 is 0 Å². The Balaban J connectivity index is 2.33. The van der Waals surface area contributed by atoms with Crippen molar-refractivity contribution < 1.29 is 9.84 Å². The van der Waals surface area contributed by atoms with Crippen molar-refractivity contribution in [3.8, 4) is 5.88 Å². The van der Waals surface area contributed by atoms with Crippen LogP contribution >= 0.6 is 0 Å². The molecule has 0 bridgehead atoms. The smallest absolute Gasteiger partial charge is 0.257 e. The van der Waals surface area contributed by atoms with Crippen LogP contribution in [0.4, 0.5) is 0 Å². The first kappa shape index (κ1) is 11.1. The second-order valence-electron chi connectivity index (χ2n) is 4.12. The molecule has 2 atom stereocenters. The van der Waals surface area contributed by atoms with Crippen LogP contribution in [0.15, 0.2) is 4.79 Å². The lowest BCUT2D eigenvalue weighted by molar-refractivity contribution is 0.0497. The first-order valence-electron chi connectivity index (χ1n) is 5.59. The molecule has 0 spiro atoms. The molecule has 1 aliphatic rings. The number of nitrogens with zero attached hydrogens (tertiary/aromatic N) is 1. The first-order valence-corrected chi connectivity index (χ1v) is 5.59. The van der Waals surface area contributed by atoms with Crippen molar-refractivity contribution in [1.82, 2.24) is 9.97 Å². The van der Waals surface area contributed by atoms with Gasteiger partial charge in [0.25, 0.3) is 5.56 Å². The van der Waals surface area contributed by atoms with Gasteiger partial charge in [-0.3, -0.25) is 4.79 Å². The molecule has 2 N–H and O–H groups in total. The lowest BCUT2D eigenvalue weighted by Crippen LogP contribution is -2.18. The Bertz CT molecular complexity index is 441. The number of aromatic nitrogens is 2. The second-order valence-corrected chi connectivity index (χ2v) is 4.12. The predicted molar refractivity (Wildman–Crippen MR) is 58.4 cm³/mol. The van der Waals surface area contributed by atoms with E-state index in [1.807, 2.05) is 6.92 Å². The minimum absolute atomic E-state index is 0.176. The van der Waals surface area contributed by atoms with Crippen LogP contribution in [0.2, 0.25) is 0 Å². The molecule has 0 aliphatic carbocycles. The summed E-state index contributed by atoms with van der Waals surface area (Å²) in [6, 6.07) is 0. The van der Waals surface area contributed by atoms with E-state index in [2.05, 4.69) is 9.97 Å². The summed E-state index contributed by atoms with van der Waals surface area (Å²) in [5, 5.41) is 9.61. The number of rotatable bonds is 2. The summed E-state index contributed by atoms with van der Waals surface area (Å²) in [6.07, 6.45) is 2.23. The minimum Gasteiger partial charge on any atom is -0.493 e. The number of hydrogen-bond donors (Lipinski definition) is 2. The van der Waals surface area contributed by atoms with E-state index in [1.54, 1.807) is 6.92 Å². The summed E-state index contributed by atoms with van der Waals surface area (Å²) in [7, 11) is 0. The molecular formula is C11H16N2O3. The highest BCUT2D eigenvalue weighted by Crippen LogP contribution is 2.30. The van der Waals surface area contributed by atoms with Crippen molar-refractivity contribution in [3.05, 3.63) is 21.7 Å². The van der Waals surface area contributed by atoms with Crippen LogP contribution in [0.3, 0.4) is 0 Å². The van der Waals surface area contributed by atoms with E-state index in [4.69, 9.17) is 4.74 Å². The van der Waals surface area contributed by atoms with Gasteiger partial charge < -0.3 is 14.8 Å². The average molecular weight is 224 g/mol. The Morgan fingerprint density at radius 1 is 1.56 bits per heavy atom. The van der Waals surface area contributed by atoms with Crippen LogP contribution < -0.4 is 5.56 Å². The third-order valence-corrected chi connectivity index (χ3v) is 2.90. The third kappa shape index (κ3) is 1.95. The van der Waals surface area contributed by atoms with Gasteiger partial charge in [0, 0.05) is 0 Å². The average Bonchev–Trinajstić information content (AvgIpc) is 2.64. The number of ether oxygens (including phenoxy) is 1. The molecule has 2 rings (SSSR count). The van der Waals surface area contributed by atoms with Gasteiger partial charge in [0.1, 0.15) is 11.9 Å². The highest BCUT2D eigenvalue weighted by molar-refractivity contribution is 5.22. The fraction of sp³-hybridized carbons (Fsp3) is 0.636. The Labute approximate surface area is 93.5 Å². The molecule has 88 valence electrons. The normalized spacial score (nSPS) is 24.9. The van der Waals surface area contributed by atoms with Gasteiger partial charge in [-0.1, -0.05) is 6.92 Å². The van der Waals surface area contributed by atoms with Crippen molar-refractivity contribution in [2.75, 3.05) is 0 Å². The number of H-pyrrole nitrogens is 1. The van der Waals surface area contributed by atoms with E-state index >= 15 is 0 Å². The van der Waals surface area contributed by atoms with Crippen LogP contribution in [-0.2, 0) is 11.2 Å². The molecule has 0 aromatic carbocycles. The van der Waals surface area contributed by atoms with Crippen molar-refractivity contribution in [2.24, 2.45) is 0 Å². The Kier molecular flexibility index (Phi) is 2.96. The molecule has 16 heavy (non-hydrogen) atoms. The Morgan fingerprint density at radius 3 is 2.81 bits per heavy atom. The second kappa shape index (κ2) is 4.25. The fourth-order valence-corrected chi connectivity index (χ4v) is 1.98. The molecule has 0 amide bonds. The summed E-state index contributed by atoms with van der Waals surface area (Å²) >= 11 is 0. The van der Waals surface area contributed by atoms with E-state index in [1.165, 1.54) is 0 Å². The van der Waals surface area contributed by atoms with Gasteiger partial charge in [-0.15, -0.1) is 0 Å². The quantitative estimate of drug-likeness (QED) is 0.793. The molecule has 5 nitrogen and oxygen atoms in total. The summed E-state index contributed by atoms with van der Waals surface area (Å²) in [4.78, 5) is 18.3. The molecular weight excluding hydrogens is 208 g/mol. The van der Waals surface area contributed by atoms with Crippen LogP contribution in [0.5, 0.6) is 5.88 Å². The summed E-state index contributed by atoms with van der Waals surface area (Å²) in [5.41, 5.74) is 0.0583. The SMILES string of the molecule is CCc1c(O)nc(C2CCC(C)O2)[nH]c1=O. The number of aromatic hydroxyl groups is 1. The maximum Gasteiger partial charge on any atom is 0.257 e. The number of aromatic amines is 1. The van der Waals surface area contributed by atoms with E-state index in [0.29, 0.717) is 17.8 Å². The molecule has 2 heterocycles. The van der Waals surface area contributed by atoms with E-state index in [0.717, 1.165) is 12.8 Å². The van der Waals surface area contributed by atoms with Gasteiger partial charge in [0.2, 0.25) is 5.88 Å². The van der Waals surface area contributed by atoms with E-state index in [-0.39, 0.29) is 23.6 Å². The molecule has 1 saturated heterocycles. The van der Waals surface area contributed by atoms with E-state index in [9.17, 15) is 9.90 Å². The van der Waals surface area contributed by atoms with Gasteiger partial charge in [0.05, 0.1) is 11.7 Å². The first-order chi connectivity index (χ1) is 7.61. The topological polar surface area (TPSA) is 75.2 Å². The van der Waals surface area contributed by atoms with Crippen LogP contribution in [0.1, 0.15) is 44.2 Å². The summed E-state index contributed by atoms with van der Waals surface area (Å²) in [6.45, 7) is 3.79.